The number of fused-ring (bicyclic) bond motifs is 1. The maximum atomic E-state index is 12.7. The summed E-state index contributed by atoms with van der Waals surface area (Å²) in [5.41, 5.74) is 6.96. The van der Waals surface area contributed by atoms with E-state index in [1.54, 1.807) is 31.2 Å². The fourth-order valence-electron chi connectivity index (χ4n) is 4.31. The van der Waals surface area contributed by atoms with Gasteiger partial charge in [0, 0.05) is 24.2 Å². The molecular weight excluding hydrogens is 477 g/mol. The van der Waals surface area contributed by atoms with Gasteiger partial charge in [-0.2, -0.15) is 13.4 Å². The maximum absolute atomic E-state index is 12.7. The van der Waals surface area contributed by atoms with Crippen molar-refractivity contribution in [2.75, 3.05) is 18.5 Å². The lowest BCUT2D eigenvalue weighted by Gasteiger charge is -2.37. The van der Waals surface area contributed by atoms with Crippen LogP contribution in [0.25, 0.3) is 11.1 Å². The molecule has 1 fully saturated rings. The topological polar surface area (TPSA) is 148 Å². The van der Waals surface area contributed by atoms with Gasteiger partial charge in [0.25, 0.3) is 16.1 Å². The number of aromatic nitrogens is 1. The molecule has 0 unspecified atom stereocenters. The van der Waals surface area contributed by atoms with Gasteiger partial charge in [0.1, 0.15) is 17.9 Å². The molecule has 1 aromatic heterocycles. The van der Waals surface area contributed by atoms with Gasteiger partial charge in [-0.3, -0.25) is 4.55 Å². The lowest BCUT2D eigenvalue weighted by Crippen LogP contribution is -2.37. The van der Waals surface area contributed by atoms with Crippen molar-refractivity contribution in [3.05, 3.63) is 59.4 Å². The Morgan fingerprint density at radius 2 is 2.06 bits per heavy atom. The van der Waals surface area contributed by atoms with Crippen molar-refractivity contribution in [1.82, 2.24) is 4.98 Å². The summed E-state index contributed by atoms with van der Waals surface area (Å²) in [6.45, 7) is 1.90. The van der Waals surface area contributed by atoms with Crippen molar-refractivity contribution in [1.29, 1.82) is 0 Å². The van der Waals surface area contributed by atoms with Crippen LogP contribution in [0.5, 0.6) is 5.75 Å². The van der Waals surface area contributed by atoms with Crippen LogP contribution in [0, 0.1) is 6.92 Å². The monoisotopic (exact) mass is 505 g/mol. The normalized spacial score (nSPS) is 21.3. The van der Waals surface area contributed by atoms with Crippen molar-refractivity contribution >= 4 is 27.2 Å². The highest BCUT2D eigenvalue weighted by atomic mass is 32.2. The predicted molar refractivity (Wildman–Crippen MR) is 129 cm³/mol. The second-order valence-corrected chi connectivity index (χ2v) is 10.2. The van der Waals surface area contributed by atoms with E-state index < -0.39 is 15.7 Å². The molecule has 5 N–H and O–H groups in total. The number of nitrogens with two attached hydrogens (primary N) is 1. The Hall–Kier alpha value is -2.99. The van der Waals surface area contributed by atoms with E-state index >= 15 is 0 Å². The van der Waals surface area contributed by atoms with Crippen LogP contribution in [0.3, 0.4) is 0 Å². The standard InChI is InChI=1S/C24H28FN3O6S/c1-15-2-4-19(35(30,31)32)11-20(15)24(29)8-6-17(7-9-24)27-23-28-21-5-3-18(10-22(21)34-23)33-14-16(12-25)13-26/h2-5,10-12,17,29H,6-9,13-14,26H2,1H3,(H,27,28)(H,30,31,32). The Morgan fingerprint density at radius 1 is 1.31 bits per heavy atom. The minimum absolute atomic E-state index is 0.00840. The number of hydrogen-bond donors (Lipinski definition) is 4. The molecule has 1 heterocycles. The Balaban J connectivity index is 1.42. The molecule has 1 saturated carbocycles. The van der Waals surface area contributed by atoms with E-state index in [9.17, 15) is 22.5 Å². The van der Waals surface area contributed by atoms with Gasteiger partial charge in [0.05, 0.1) is 16.8 Å². The second kappa shape index (κ2) is 9.94. The molecule has 11 heteroatoms. The fourth-order valence-corrected chi connectivity index (χ4v) is 4.82. The average molecular weight is 506 g/mol. The van der Waals surface area contributed by atoms with Gasteiger partial charge >= 0.3 is 0 Å². The van der Waals surface area contributed by atoms with E-state index in [1.165, 1.54) is 12.1 Å². The van der Waals surface area contributed by atoms with Crippen molar-refractivity contribution in [2.24, 2.45) is 5.73 Å². The van der Waals surface area contributed by atoms with Crippen molar-refractivity contribution in [3.63, 3.8) is 0 Å². The van der Waals surface area contributed by atoms with Crippen LogP contribution < -0.4 is 15.8 Å². The van der Waals surface area contributed by atoms with Crippen LogP contribution >= 0.6 is 0 Å². The highest BCUT2D eigenvalue weighted by Gasteiger charge is 2.37. The number of nitrogens with one attached hydrogen (secondary N) is 1. The van der Waals surface area contributed by atoms with Gasteiger partial charge in [-0.05, 0) is 68.0 Å². The Morgan fingerprint density at radius 3 is 2.71 bits per heavy atom. The molecule has 3 aromatic rings. The number of rotatable bonds is 8. The van der Waals surface area contributed by atoms with Gasteiger partial charge < -0.3 is 25.3 Å². The molecule has 0 saturated heterocycles. The summed E-state index contributed by atoms with van der Waals surface area (Å²) in [5.74, 6) is 0.498. The summed E-state index contributed by atoms with van der Waals surface area (Å²) in [4.78, 5) is 4.21. The first-order valence-electron chi connectivity index (χ1n) is 11.2. The van der Waals surface area contributed by atoms with E-state index in [2.05, 4.69) is 10.3 Å². The van der Waals surface area contributed by atoms with E-state index in [1.807, 2.05) is 0 Å². The first-order chi connectivity index (χ1) is 16.6. The lowest BCUT2D eigenvalue weighted by molar-refractivity contribution is -0.00421. The zero-order valence-corrected chi connectivity index (χ0v) is 20.0. The smallest absolute Gasteiger partial charge is 0.295 e. The zero-order valence-electron chi connectivity index (χ0n) is 19.2. The van der Waals surface area contributed by atoms with Crippen LogP contribution in [0.2, 0.25) is 0 Å². The van der Waals surface area contributed by atoms with Crippen molar-refractivity contribution < 1.29 is 31.6 Å². The number of benzene rings is 2. The molecule has 1 aliphatic carbocycles. The summed E-state index contributed by atoms with van der Waals surface area (Å²) in [6.07, 6.45) is 2.41. The van der Waals surface area contributed by atoms with Gasteiger partial charge in [0.15, 0.2) is 5.58 Å². The molecule has 35 heavy (non-hydrogen) atoms. The van der Waals surface area contributed by atoms with Crippen LogP contribution in [0.4, 0.5) is 10.4 Å². The average Bonchev–Trinajstić information content (AvgIpc) is 3.22. The van der Waals surface area contributed by atoms with Gasteiger partial charge in [-0.25, -0.2) is 4.39 Å². The van der Waals surface area contributed by atoms with E-state index in [0.29, 0.717) is 66.0 Å². The molecule has 1 aliphatic rings. The number of hydrogen-bond acceptors (Lipinski definition) is 8. The molecule has 0 spiro atoms. The molecule has 188 valence electrons. The van der Waals surface area contributed by atoms with E-state index in [0.717, 1.165) is 5.56 Å². The summed E-state index contributed by atoms with van der Waals surface area (Å²) in [6, 6.07) is 9.71. The van der Waals surface area contributed by atoms with Crippen LogP contribution in [0.15, 0.2) is 57.6 Å². The van der Waals surface area contributed by atoms with Crippen LogP contribution in [0.1, 0.15) is 36.8 Å². The number of aliphatic hydroxyl groups is 1. The van der Waals surface area contributed by atoms with Crippen molar-refractivity contribution in [3.8, 4) is 5.75 Å². The highest BCUT2D eigenvalue weighted by molar-refractivity contribution is 7.85. The Labute approximate surface area is 202 Å². The zero-order chi connectivity index (χ0) is 25.2. The largest absolute Gasteiger partial charge is 0.489 e. The van der Waals surface area contributed by atoms with Gasteiger partial charge in [-0.1, -0.05) is 6.07 Å². The predicted octanol–water partition coefficient (Wildman–Crippen LogP) is 3.82. The summed E-state index contributed by atoms with van der Waals surface area (Å²) in [5, 5.41) is 14.5. The third-order valence-electron chi connectivity index (χ3n) is 6.35. The second-order valence-electron chi connectivity index (χ2n) is 8.81. The molecule has 4 rings (SSSR count). The Kier molecular flexibility index (Phi) is 7.13. The minimum atomic E-state index is -4.36. The molecule has 2 aromatic carbocycles. The number of aryl methyl sites for hydroxylation is 1. The molecule has 0 atom stereocenters. The fraction of sp³-hybridized carbons (Fsp3) is 0.375. The first-order valence-corrected chi connectivity index (χ1v) is 12.6. The van der Waals surface area contributed by atoms with E-state index in [-0.39, 0.29) is 24.1 Å². The van der Waals surface area contributed by atoms with Crippen molar-refractivity contribution in [2.45, 2.75) is 49.1 Å². The van der Waals surface area contributed by atoms with Crippen LogP contribution in [-0.4, -0.2) is 42.3 Å². The summed E-state index contributed by atoms with van der Waals surface area (Å²) < 4.78 is 56.5. The number of ether oxygens (including phenoxy) is 1. The minimum Gasteiger partial charge on any atom is -0.489 e. The number of nitrogens with zero attached hydrogens (tertiary/aromatic N) is 1. The van der Waals surface area contributed by atoms with Gasteiger partial charge in [0.2, 0.25) is 0 Å². The third-order valence-corrected chi connectivity index (χ3v) is 7.20. The van der Waals surface area contributed by atoms with Crippen LogP contribution in [-0.2, 0) is 15.7 Å². The summed E-state index contributed by atoms with van der Waals surface area (Å²) in [7, 11) is -4.36. The lowest BCUT2D eigenvalue weighted by atomic mass is 9.76. The first kappa shape index (κ1) is 25.1. The molecular formula is C24H28FN3O6S. The molecule has 9 nitrogen and oxygen atoms in total. The SMILES string of the molecule is Cc1ccc(S(=O)(=O)O)cc1C1(O)CCC(Nc2nc3ccc(OCC(=CF)CN)cc3o2)CC1. The molecule has 0 amide bonds. The van der Waals surface area contributed by atoms with Gasteiger partial charge in [-0.15, -0.1) is 0 Å². The highest BCUT2D eigenvalue weighted by Crippen LogP contribution is 2.40. The summed E-state index contributed by atoms with van der Waals surface area (Å²) >= 11 is 0. The number of halogens is 1. The quantitative estimate of drug-likeness (QED) is 0.335. The number of oxazole rings is 1. The third kappa shape index (κ3) is 5.64. The maximum Gasteiger partial charge on any atom is 0.295 e. The molecule has 0 bridgehead atoms. The Bertz CT molecular complexity index is 1350. The molecule has 0 radical (unpaired) electrons. The molecule has 0 aliphatic heterocycles. The van der Waals surface area contributed by atoms with E-state index in [4.69, 9.17) is 14.9 Å². The number of anilines is 1.